The molecule has 1 heterocycles. The summed E-state index contributed by atoms with van der Waals surface area (Å²) >= 11 is 0. The molecule has 2 rings (SSSR count). The van der Waals surface area contributed by atoms with Crippen molar-refractivity contribution < 1.29 is 22.7 Å². The van der Waals surface area contributed by atoms with Crippen molar-refractivity contribution in [1.29, 1.82) is 0 Å². The third-order valence-electron chi connectivity index (χ3n) is 2.96. The molecule has 0 saturated carbocycles. The first-order chi connectivity index (χ1) is 8.93. The van der Waals surface area contributed by atoms with E-state index in [1.807, 2.05) is 0 Å². The second-order valence-corrected chi connectivity index (χ2v) is 4.23. The minimum Gasteiger partial charge on any atom is -0.482 e. The Morgan fingerprint density at radius 2 is 2.05 bits per heavy atom. The van der Waals surface area contributed by atoms with Crippen LogP contribution >= 0.6 is 0 Å². The topological polar surface area (TPSA) is 55.6 Å². The van der Waals surface area contributed by atoms with Crippen LogP contribution in [0.4, 0.5) is 18.9 Å². The normalized spacial score (nSPS) is 16.8. The van der Waals surface area contributed by atoms with Crippen molar-refractivity contribution in [1.82, 2.24) is 0 Å². The number of nitrogens with zero attached hydrogens (tertiary/aromatic N) is 1. The van der Waals surface area contributed by atoms with E-state index >= 15 is 0 Å². The van der Waals surface area contributed by atoms with Gasteiger partial charge < -0.3 is 15.4 Å². The maximum Gasteiger partial charge on any atom is 0.394 e. The van der Waals surface area contributed by atoms with Crippen molar-refractivity contribution >= 4 is 11.6 Å². The van der Waals surface area contributed by atoms with Crippen molar-refractivity contribution in [3.63, 3.8) is 0 Å². The Morgan fingerprint density at radius 1 is 1.37 bits per heavy atom. The van der Waals surface area contributed by atoms with E-state index in [1.54, 1.807) is 24.3 Å². The molecular weight excluding hydrogens is 261 g/mol. The molecule has 0 radical (unpaired) electrons. The average molecular weight is 274 g/mol. The molecule has 0 saturated heterocycles. The average Bonchev–Trinajstić information content (AvgIpc) is 2.36. The van der Waals surface area contributed by atoms with Crippen LogP contribution in [0.15, 0.2) is 24.3 Å². The Hall–Kier alpha value is -1.76. The number of carbonyl (C=O) groups excluding carboxylic acids is 1. The highest BCUT2D eigenvalue weighted by Crippen LogP contribution is 2.34. The van der Waals surface area contributed by atoms with Crippen LogP contribution in [-0.4, -0.2) is 31.8 Å². The van der Waals surface area contributed by atoms with Gasteiger partial charge in [0.25, 0.3) is 5.91 Å². The van der Waals surface area contributed by atoms with Crippen LogP contribution in [0.5, 0.6) is 5.75 Å². The highest BCUT2D eigenvalue weighted by atomic mass is 19.4. The highest BCUT2D eigenvalue weighted by Gasteiger charge is 2.41. The quantitative estimate of drug-likeness (QED) is 0.909. The summed E-state index contributed by atoms with van der Waals surface area (Å²) < 4.78 is 43.4. The molecule has 0 aliphatic carbocycles. The number of hydrogen-bond acceptors (Lipinski definition) is 3. The van der Waals surface area contributed by atoms with Crippen molar-refractivity contribution in [2.45, 2.75) is 6.18 Å². The van der Waals surface area contributed by atoms with Gasteiger partial charge in [0.1, 0.15) is 5.75 Å². The second kappa shape index (κ2) is 5.08. The largest absolute Gasteiger partial charge is 0.482 e. The molecule has 1 aliphatic rings. The molecular formula is C12H13F3N2O2. The molecule has 7 heteroatoms. The zero-order chi connectivity index (χ0) is 14.0. The molecule has 0 fully saturated rings. The van der Waals surface area contributed by atoms with Crippen LogP contribution in [0, 0.1) is 5.92 Å². The van der Waals surface area contributed by atoms with Gasteiger partial charge in [-0.15, -0.1) is 0 Å². The van der Waals surface area contributed by atoms with Gasteiger partial charge in [-0.05, 0) is 12.1 Å². The summed E-state index contributed by atoms with van der Waals surface area (Å²) in [5.41, 5.74) is 5.50. The number of ether oxygens (including phenoxy) is 1. The van der Waals surface area contributed by atoms with Gasteiger partial charge >= 0.3 is 6.18 Å². The maximum atomic E-state index is 12.7. The van der Waals surface area contributed by atoms with E-state index in [9.17, 15) is 18.0 Å². The third-order valence-corrected chi connectivity index (χ3v) is 2.96. The number of fused-ring (bicyclic) bond motifs is 1. The first kappa shape index (κ1) is 13.7. The Bertz CT molecular complexity index is 476. The molecule has 4 nitrogen and oxygen atoms in total. The summed E-state index contributed by atoms with van der Waals surface area (Å²) in [5, 5.41) is 0. The van der Waals surface area contributed by atoms with E-state index in [1.165, 1.54) is 0 Å². The summed E-state index contributed by atoms with van der Waals surface area (Å²) in [6, 6.07) is 6.49. The van der Waals surface area contributed by atoms with Crippen LogP contribution < -0.4 is 15.4 Å². The summed E-state index contributed by atoms with van der Waals surface area (Å²) in [6.45, 7) is -1.30. The second-order valence-electron chi connectivity index (χ2n) is 4.23. The zero-order valence-corrected chi connectivity index (χ0v) is 9.98. The van der Waals surface area contributed by atoms with E-state index in [2.05, 4.69) is 0 Å². The number of hydrogen-bond donors (Lipinski definition) is 1. The summed E-state index contributed by atoms with van der Waals surface area (Å²) in [6.07, 6.45) is -4.43. The molecule has 1 aliphatic heterocycles. The lowest BCUT2D eigenvalue weighted by molar-refractivity contribution is -0.169. The number of halogens is 3. The molecule has 0 bridgehead atoms. The molecule has 1 aromatic rings. The summed E-state index contributed by atoms with van der Waals surface area (Å²) in [4.78, 5) is 12.8. The standard InChI is InChI=1S/C12H13F3N2O2/c13-12(14,15)8(5-16)6-17-9-3-1-2-4-10(9)19-7-11(17)18/h1-4,8H,5-7,16H2. The third kappa shape index (κ3) is 2.81. The highest BCUT2D eigenvalue weighted by molar-refractivity contribution is 5.97. The molecule has 1 aromatic carbocycles. The number of nitrogens with two attached hydrogens (primary N) is 1. The van der Waals surface area contributed by atoms with Gasteiger partial charge in [0.05, 0.1) is 11.6 Å². The fourth-order valence-electron chi connectivity index (χ4n) is 1.89. The van der Waals surface area contributed by atoms with E-state index in [4.69, 9.17) is 10.5 Å². The van der Waals surface area contributed by atoms with E-state index in [0.717, 1.165) is 4.90 Å². The van der Waals surface area contributed by atoms with Crippen molar-refractivity contribution in [3.8, 4) is 5.75 Å². The maximum absolute atomic E-state index is 12.7. The number of carbonyl (C=O) groups is 1. The molecule has 0 spiro atoms. The number of anilines is 1. The Balaban J connectivity index is 2.26. The Kier molecular flexibility index (Phi) is 3.66. The molecule has 104 valence electrons. The van der Waals surface area contributed by atoms with Gasteiger partial charge in [0.2, 0.25) is 0 Å². The van der Waals surface area contributed by atoms with E-state index in [0.29, 0.717) is 11.4 Å². The van der Waals surface area contributed by atoms with Gasteiger partial charge in [-0.3, -0.25) is 4.79 Å². The van der Waals surface area contributed by atoms with E-state index < -0.39 is 31.1 Å². The zero-order valence-electron chi connectivity index (χ0n) is 9.98. The van der Waals surface area contributed by atoms with Gasteiger partial charge in [0, 0.05) is 13.1 Å². The van der Waals surface area contributed by atoms with Crippen LogP contribution in [0.1, 0.15) is 0 Å². The summed E-state index contributed by atoms with van der Waals surface area (Å²) in [7, 11) is 0. The minimum atomic E-state index is -4.43. The fourth-order valence-corrected chi connectivity index (χ4v) is 1.89. The molecule has 1 amide bonds. The van der Waals surface area contributed by atoms with Crippen molar-refractivity contribution in [3.05, 3.63) is 24.3 Å². The fraction of sp³-hybridized carbons (Fsp3) is 0.417. The van der Waals surface area contributed by atoms with Crippen LogP contribution in [0.25, 0.3) is 0 Å². The van der Waals surface area contributed by atoms with Crippen LogP contribution in [-0.2, 0) is 4.79 Å². The smallest absolute Gasteiger partial charge is 0.394 e. The number of alkyl halides is 3. The van der Waals surface area contributed by atoms with Crippen LogP contribution in [0.2, 0.25) is 0 Å². The van der Waals surface area contributed by atoms with Gasteiger partial charge in [-0.2, -0.15) is 13.2 Å². The predicted molar refractivity (Wildman–Crippen MR) is 62.9 cm³/mol. The van der Waals surface area contributed by atoms with Crippen molar-refractivity contribution in [2.24, 2.45) is 11.7 Å². The Labute approximate surface area is 107 Å². The van der Waals surface area contributed by atoms with Gasteiger partial charge in [0.15, 0.2) is 6.61 Å². The molecule has 0 aromatic heterocycles. The van der Waals surface area contributed by atoms with Gasteiger partial charge in [-0.25, -0.2) is 0 Å². The first-order valence-corrected chi connectivity index (χ1v) is 5.72. The number of benzene rings is 1. The lowest BCUT2D eigenvalue weighted by atomic mass is 10.1. The number of rotatable bonds is 3. The Morgan fingerprint density at radius 3 is 2.68 bits per heavy atom. The molecule has 19 heavy (non-hydrogen) atoms. The van der Waals surface area contributed by atoms with Crippen molar-refractivity contribution in [2.75, 3.05) is 24.6 Å². The monoisotopic (exact) mass is 274 g/mol. The van der Waals surface area contributed by atoms with E-state index in [-0.39, 0.29) is 6.61 Å². The number of amides is 1. The van der Waals surface area contributed by atoms with Gasteiger partial charge in [-0.1, -0.05) is 12.1 Å². The molecule has 2 N–H and O–H groups in total. The molecule has 1 atom stereocenters. The summed E-state index contributed by atoms with van der Waals surface area (Å²) in [5.74, 6) is -1.84. The lowest BCUT2D eigenvalue weighted by Gasteiger charge is -2.32. The first-order valence-electron chi connectivity index (χ1n) is 5.72. The minimum absolute atomic E-state index is 0.258. The predicted octanol–water partition coefficient (Wildman–Crippen LogP) is 1.55. The molecule has 1 unspecified atom stereocenters. The lowest BCUT2D eigenvalue weighted by Crippen LogP contribution is -2.46. The number of para-hydroxylation sites is 2. The van der Waals surface area contributed by atoms with Crippen LogP contribution in [0.3, 0.4) is 0 Å². The SMILES string of the molecule is NCC(CN1C(=O)COc2ccccc21)C(F)(F)F.